The van der Waals surface area contributed by atoms with Gasteiger partial charge in [-0.25, -0.2) is 12.8 Å². The highest BCUT2D eigenvalue weighted by Crippen LogP contribution is 2.27. The van der Waals surface area contributed by atoms with Crippen molar-refractivity contribution in [3.8, 4) is 0 Å². The van der Waals surface area contributed by atoms with Crippen molar-refractivity contribution in [2.24, 2.45) is 0 Å². The molecule has 2 amide bonds. The summed E-state index contributed by atoms with van der Waals surface area (Å²) in [4.78, 5) is 28.0. The third-order valence-electron chi connectivity index (χ3n) is 5.86. The van der Waals surface area contributed by atoms with Crippen molar-refractivity contribution < 1.29 is 22.4 Å². The molecule has 0 aromatic heterocycles. The Hall–Kier alpha value is -3.72. The van der Waals surface area contributed by atoms with Crippen LogP contribution in [-0.4, -0.2) is 43.8 Å². The standard InChI is InChI=1S/C28H32FN3O4S/c1-20(2)30-28(34)22(4)31(18-23-14-16-24(29)17-15-23)27(33)19-32(26-13-9-8-10-21(26)3)37(35,36)25-11-6-5-7-12-25/h5-17,20,22H,18-19H2,1-4H3,(H,30,34)/t22-/m0/s1. The largest absolute Gasteiger partial charge is 0.352 e. The van der Waals surface area contributed by atoms with E-state index in [-0.39, 0.29) is 23.4 Å². The number of para-hydroxylation sites is 1. The Kier molecular flexibility index (Phi) is 9.04. The van der Waals surface area contributed by atoms with Gasteiger partial charge in [-0.1, -0.05) is 48.5 Å². The minimum absolute atomic E-state index is 0.00120. The van der Waals surface area contributed by atoms with Gasteiger partial charge in [-0.15, -0.1) is 0 Å². The summed E-state index contributed by atoms with van der Waals surface area (Å²) in [7, 11) is -4.11. The summed E-state index contributed by atoms with van der Waals surface area (Å²) in [6.07, 6.45) is 0. The van der Waals surface area contributed by atoms with E-state index in [4.69, 9.17) is 0 Å². The number of hydrogen-bond donors (Lipinski definition) is 1. The molecule has 0 saturated carbocycles. The molecule has 3 aromatic rings. The average Bonchev–Trinajstić information content (AvgIpc) is 2.87. The van der Waals surface area contributed by atoms with Crippen molar-refractivity contribution in [3.63, 3.8) is 0 Å². The summed E-state index contributed by atoms with van der Waals surface area (Å²) in [6, 6.07) is 19.3. The van der Waals surface area contributed by atoms with Gasteiger partial charge in [-0.3, -0.25) is 13.9 Å². The van der Waals surface area contributed by atoms with Gasteiger partial charge >= 0.3 is 0 Å². The fourth-order valence-electron chi connectivity index (χ4n) is 3.85. The highest BCUT2D eigenvalue weighted by molar-refractivity contribution is 7.92. The van der Waals surface area contributed by atoms with Gasteiger partial charge in [0, 0.05) is 12.6 Å². The number of hydrogen-bond acceptors (Lipinski definition) is 4. The molecule has 3 aromatic carbocycles. The predicted octanol–water partition coefficient (Wildman–Crippen LogP) is 4.27. The molecule has 0 aliphatic carbocycles. The summed E-state index contributed by atoms with van der Waals surface area (Å²) >= 11 is 0. The van der Waals surface area contributed by atoms with Crippen molar-refractivity contribution in [1.29, 1.82) is 0 Å². The Morgan fingerprint density at radius 3 is 2.08 bits per heavy atom. The van der Waals surface area contributed by atoms with Crippen LogP contribution in [0.3, 0.4) is 0 Å². The molecule has 0 saturated heterocycles. The van der Waals surface area contributed by atoms with Gasteiger partial charge in [0.15, 0.2) is 0 Å². The monoisotopic (exact) mass is 525 g/mol. The first-order valence-corrected chi connectivity index (χ1v) is 13.4. The Bertz CT molecular complexity index is 1330. The Morgan fingerprint density at radius 1 is 0.892 bits per heavy atom. The lowest BCUT2D eigenvalue weighted by molar-refractivity contribution is -0.139. The summed E-state index contributed by atoms with van der Waals surface area (Å²) in [6.45, 7) is 6.44. The molecule has 0 heterocycles. The molecule has 1 atom stereocenters. The summed E-state index contributed by atoms with van der Waals surface area (Å²) < 4.78 is 42.0. The second kappa shape index (κ2) is 12.0. The molecule has 0 radical (unpaired) electrons. The van der Waals surface area contributed by atoms with Crippen LogP contribution in [0.15, 0.2) is 83.8 Å². The van der Waals surface area contributed by atoms with Gasteiger partial charge in [0.2, 0.25) is 11.8 Å². The summed E-state index contributed by atoms with van der Waals surface area (Å²) in [5, 5.41) is 2.80. The number of halogens is 1. The van der Waals surface area contributed by atoms with E-state index in [0.29, 0.717) is 16.8 Å². The van der Waals surface area contributed by atoms with Crippen molar-refractivity contribution in [2.75, 3.05) is 10.8 Å². The first kappa shape index (κ1) is 27.9. The molecule has 37 heavy (non-hydrogen) atoms. The zero-order chi connectivity index (χ0) is 27.2. The molecule has 1 N–H and O–H groups in total. The number of amides is 2. The van der Waals surface area contributed by atoms with Crippen LogP contribution >= 0.6 is 0 Å². The predicted molar refractivity (Wildman–Crippen MR) is 142 cm³/mol. The van der Waals surface area contributed by atoms with Crippen molar-refractivity contribution in [2.45, 2.75) is 51.2 Å². The number of sulfonamides is 1. The van der Waals surface area contributed by atoms with Crippen LogP contribution in [0.5, 0.6) is 0 Å². The lowest BCUT2D eigenvalue weighted by Gasteiger charge is -2.32. The maximum absolute atomic E-state index is 13.8. The van der Waals surface area contributed by atoms with Gasteiger partial charge in [0.25, 0.3) is 10.0 Å². The van der Waals surface area contributed by atoms with Gasteiger partial charge in [-0.2, -0.15) is 0 Å². The molecule has 0 aliphatic heterocycles. The maximum atomic E-state index is 13.8. The van der Waals surface area contributed by atoms with Crippen LogP contribution in [0.4, 0.5) is 10.1 Å². The molecule has 0 spiro atoms. The number of benzene rings is 3. The normalized spacial score (nSPS) is 12.2. The van der Waals surface area contributed by atoms with Crippen LogP contribution in [-0.2, 0) is 26.2 Å². The summed E-state index contributed by atoms with van der Waals surface area (Å²) in [5.74, 6) is -1.37. The Balaban J connectivity index is 2.02. The van der Waals surface area contributed by atoms with E-state index < -0.39 is 34.3 Å². The second-order valence-corrected chi connectivity index (χ2v) is 11.0. The van der Waals surface area contributed by atoms with Crippen LogP contribution < -0.4 is 9.62 Å². The van der Waals surface area contributed by atoms with Crippen LogP contribution in [0.1, 0.15) is 31.9 Å². The highest BCUT2D eigenvalue weighted by atomic mass is 32.2. The average molecular weight is 526 g/mol. The quantitative estimate of drug-likeness (QED) is 0.428. The number of anilines is 1. The first-order chi connectivity index (χ1) is 17.5. The molecule has 0 fully saturated rings. The van der Waals surface area contributed by atoms with Gasteiger partial charge < -0.3 is 10.2 Å². The Labute approximate surface area is 218 Å². The number of nitrogens with zero attached hydrogens (tertiary/aromatic N) is 2. The topological polar surface area (TPSA) is 86.8 Å². The molecular formula is C28H32FN3O4S. The summed E-state index contributed by atoms with van der Waals surface area (Å²) in [5.41, 5.74) is 1.64. The van der Waals surface area contributed by atoms with Crippen molar-refractivity contribution in [3.05, 3.63) is 95.8 Å². The van der Waals surface area contributed by atoms with Gasteiger partial charge in [0.05, 0.1) is 10.6 Å². The van der Waals surface area contributed by atoms with Gasteiger partial charge in [-0.05, 0) is 69.2 Å². The van der Waals surface area contributed by atoms with E-state index in [0.717, 1.165) is 4.31 Å². The molecule has 196 valence electrons. The zero-order valence-electron chi connectivity index (χ0n) is 21.4. The number of nitrogens with one attached hydrogen (secondary N) is 1. The van der Waals surface area contributed by atoms with E-state index in [1.54, 1.807) is 56.3 Å². The number of aryl methyl sites for hydroxylation is 1. The van der Waals surface area contributed by atoms with Crippen molar-refractivity contribution in [1.82, 2.24) is 10.2 Å². The minimum atomic E-state index is -4.11. The van der Waals surface area contributed by atoms with E-state index in [2.05, 4.69) is 5.32 Å². The number of carbonyl (C=O) groups excluding carboxylic acids is 2. The lowest BCUT2D eigenvalue weighted by Crippen LogP contribution is -2.52. The van der Waals surface area contributed by atoms with Gasteiger partial charge in [0.1, 0.15) is 18.4 Å². The lowest BCUT2D eigenvalue weighted by atomic mass is 10.1. The molecule has 0 aliphatic rings. The number of carbonyl (C=O) groups is 2. The highest BCUT2D eigenvalue weighted by Gasteiger charge is 2.33. The van der Waals surface area contributed by atoms with E-state index in [1.807, 2.05) is 13.8 Å². The van der Waals surface area contributed by atoms with Crippen LogP contribution in [0.2, 0.25) is 0 Å². The van der Waals surface area contributed by atoms with E-state index in [9.17, 15) is 22.4 Å². The molecular weight excluding hydrogens is 493 g/mol. The first-order valence-electron chi connectivity index (χ1n) is 12.0. The second-order valence-electron chi connectivity index (χ2n) is 9.10. The molecule has 9 heteroatoms. The van der Waals surface area contributed by atoms with E-state index >= 15 is 0 Å². The van der Waals surface area contributed by atoms with Crippen LogP contribution in [0.25, 0.3) is 0 Å². The Morgan fingerprint density at radius 2 is 1.49 bits per heavy atom. The molecule has 7 nitrogen and oxygen atoms in total. The minimum Gasteiger partial charge on any atom is -0.352 e. The smallest absolute Gasteiger partial charge is 0.264 e. The zero-order valence-corrected chi connectivity index (χ0v) is 22.2. The molecule has 0 bridgehead atoms. The maximum Gasteiger partial charge on any atom is 0.264 e. The SMILES string of the molecule is Cc1ccccc1N(CC(=O)N(Cc1ccc(F)cc1)[C@@H](C)C(=O)NC(C)C)S(=O)(=O)c1ccccc1. The number of rotatable bonds is 10. The molecule has 0 unspecified atom stereocenters. The molecule has 3 rings (SSSR count). The van der Waals surface area contributed by atoms with E-state index in [1.165, 1.54) is 41.3 Å². The fraction of sp³-hybridized carbons (Fsp3) is 0.286. The van der Waals surface area contributed by atoms with Crippen molar-refractivity contribution >= 4 is 27.5 Å². The third-order valence-corrected chi connectivity index (χ3v) is 7.63. The fourth-order valence-corrected chi connectivity index (χ4v) is 5.35. The van der Waals surface area contributed by atoms with Crippen LogP contribution in [0, 0.1) is 12.7 Å². The third kappa shape index (κ3) is 6.95.